The molecule has 0 aliphatic rings. The predicted molar refractivity (Wildman–Crippen MR) is 188 cm³/mol. The van der Waals surface area contributed by atoms with Crippen LogP contribution < -0.4 is 0 Å². The van der Waals surface area contributed by atoms with Crippen LogP contribution in [0, 0.1) is 0 Å². The molecule has 48 heavy (non-hydrogen) atoms. The number of hydrogen-bond acceptors (Lipinski definition) is 5. The Balaban J connectivity index is -0.000000519. The molecule has 0 saturated heterocycles. The predicted octanol–water partition coefficient (Wildman–Crippen LogP) is 4.98. The van der Waals surface area contributed by atoms with Gasteiger partial charge in [-0.25, -0.2) is 24.0 Å². The molecular formula is C35H33Na3O10. The molecule has 0 aliphatic heterocycles. The van der Waals surface area contributed by atoms with Crippen molar-refractivity contribution in [1.29, 1.82) is 0 Å². The monoisotopic (exact) mass is 682 g/mol. The Kier molecular flexibility index (Phi) is 30.1. The van der Waals surface area contributed by atoms with E-state index in [0.29, 0.717) is 27.8 Å². The van der Waals surface area contributed by atoms with Gasteiger partial charge in [0, 0.05) is 0 Å². The van der Waals surface area contributed by atoms with E-state index in [1.165, 1.54) is 0 Å². The summed E-state index contributed by atoms with van der Waals surface area (Å²) < 4.78 is 0. The fourth-order valence-electron chi connectivity index (χ4n) is 2.90. The van der Waals surface area contributed by atoms with Gasteiger partial charge in [0.1, 0.15) is 0 Å². The minimum absolute atomic E-state index is 0. The van der Waals surface area contributed by atoms with Gasteiger partial charge in [0.15, 0.2) is 0 Å². The zero-order chi connectivity index (χ0) is 33.5. The molecule has 0 bridgehead atoms. The molecule has 10 nitrogen and oxygen atoms in total. The van der Waals surface area contributed by atoms with Crippen LogP contribution >= 0.6 is 0 Å². The SMILES string of the molecule is O=C(O)c1ccccc1.O=C(O)c1ccccc1.O=C(O)c1ccccc1.O=C(O)c1ccccc1.O=C(O)c1ccccc1.[NaH].[NaH].[NaH]. The van der Waals surface area contributed by atoms with Crippen LogP contribution in [0.15, 0.2) is 152 Å². The van der Waals surface area contributed by atoms with Crippen LogP contribution in [0.2, 0.25) is 0 Å². The van der Waals surface area contributed by atoms with Crippen molar-refractivity contribution in [2.45, 2.75) is 0 Å². The molecule has 0 aliphatic carbocycles. The Hall–Kier alpha value is -3.55. The number of aromatic carboxylic acids is 5. The molecule has 0 aromatic heterocycles. The summed E-state index contributed by atoms with van der Waals surface area (Å²) in [5, 5.41) is 41.9. The molecule has 0 amide bonds. The minimum atomic E-state index is -0.879. The van der Waals surface area contributed by atoms with Gasteiger partial charge in [-0.3, -0.25) is 0 Å². The molecule has 5 aromatic rings. The zero-order valence-corrected chi connectivity index (χ0v) is 23.7. The Morgan fingerprint density at radius 1 is 0.250 bits per heavy atom. The van der Waals surface area contributed by atoms with Gasteiger partial charge in [0.25, 0.3) is 0 Å². The molecule has 0 atom stereocenters. The quantitative estimate of drug-likeness (QED) is 0.158. The molecule has 5 N–H and O–H groups in total. The van der Waals surface area contributed by atoms with Gasteiger partial charge < -0.3 is 25.5 Å². The second-order valence-corrected chi connectivity index (χ2v) is 8.36. The van der Waals surface area contributed by atoms with Gasteiger partial charge in [0.05, 0.1) is 27.8 Å². The summed E-state index contributed by atoms with van der Waals surface area (Å²) in [5.74, 6) is -4.40. The Morgan fingerprint density at radius 2 is 0.354 bits per heavy atom. The van der Waals surface area contributed by atoms with Crippen LogP contribution in [0.3, 0.4) is 0 Å². The molecule has 5 aromatic carbocycles. The molecule has 0 radical (unpaired) electrons. The molecular weight excluding hydrogens is 649 g/mol. The van der Waals surface area contributed by atoms with Crippen molar-refractivity contribution in [1.82, 2.24) is 0 Å². The average Bonchev–Trinajstić information content (AvgIpc) is 3.08. The number of rotatable bonds is 5. The van der Waals surface area contributed by atoms with Gasteiger partial charge in [0.2, 0.25) is 0 Å². The number of benzene rings is 5. The summed E-state index contributed by atoms with van der Waals surface area (Å²) in [6, 6.07) is 41.5. The second kappa shape index (κ2) is 29.6. The first-order chi connectivity index (χ1) is 21.5. The normalized spacial score (nSPS) is 8.33. The first-order valence-electron chi connectivity index (χ1n) is 12.9. The molecule has 0 fully saturated rings. The molecule has 0 unspecified atom stereocenters. The van der Waals surface area contributed by atoms with Crippen LogP contribution in [-0.4, -0.2) is 144 Å². The van der Waals surface area contributed by atoms with Crippen LogP contribution in [0.5, 0.6) is 0 Å². The van der Waals surface area contributed by atoms with Crippen molar-refractivity contribution in [3.05, 3.63) is 179 Å². The van der Waals surface area contributed by atoms with Gasteiger partial charge in [-0.2, -0.15) is 0 Å². The maximum atomic E-state index is 10.2. The van der Waals surface area contributed by atoms with E-state index in [9.17, 15) is 24.0 Å². The summed E-state index contributed by atoms with van der Waals surface area (Å²) >= 11 is 0. The van der Waals surface area contributed by atoms with Crippen molar-refractivity contribution in [2.24, 2.45) is 0 Å². The topological polar surface area (TPSA) is 186 Å². The van der Waals surface area contributed by atoms with Gasteiger partial charge in [-0.1, -0.05) is 91.0 Å². The molecule has 236 valence electrons. The molecule has 13 heteroatoms. The van der Waals surface area contributed by atoms with Crippen LogP contribution in [-0.2, 0) is 0 Å². The Bertz CT molecular complexity index is 1320. The summed E-state index contributed by atoms with van der Waals surface area (Å²) in [4.78, 5) is 51.0. The summed E-state index contributed by atoms with van der Waals surface area (Å²) in [5.41, 5.74) is 1.66. The number of carbonyl (C=O) groups is 5. The first-order valence-corrected chi connectivity index (χ1v) is 12.9. The van der Waals surface area contributed by atoms with Crippen molar-refractivity contribution in [3.8, 4) is 0 Å². The van der Waals surface area contributed by atoms with Gasteiger partial charge >= 0.3 is 119 Å². The molecule has 5 rings (SSSR count). The summed E-state index contributed by atoms with van der Waals surface area (Å²) in [6.07, 6.45) is 0. The first kappa shape index (κ1) is 48.8. The van der Waals surface area contributed by atoms with Gasteiger partial charge in [-0.05, 0) is 60.7 Å². The van der Waals surface area contributed by atoms with E-state index in [1.54, 1.807) is 152 Å². The van der Waals surface area contributed by atoms with E-state index in [2.05, 4.69) is 0 Å². The number of hydrogen-bond donors (Lipinski definition) is 5. The van der Waals surface area contributed by atoms with E-state index in [0.717, 1.165) is 0 Å². The van der Waals surface area contributed by atoms with E-state index in [4.69, 9.17) is 25.5 Å². The number of carboxylic acids is 5. The second-order valence-electron chi connectivity index (χ2n) is 8.36. The Morgan fingerprint density at radius 3 is 0.417 bits per heavy atom. The standard InChI is InChI=1S/5C7H6O2.3Na.3H/c5*8-7(9)6-4-2-1-3-5-6;;;;;;/h5*1-5H,(H,8,9);;;;;;. The van der Waals surface area contributed by atoms with Crippen molar-refractivity contribution in [2.75, 3.05) is 0 Å². The summed E-state index contributed by atoms with van der Waals surface area (Å²) in [6.45, 7) is 0. The van der Waals surface area contributed by atoms with E-state index in [1.807, 2.05) is 0 Å². The number of carboxylic acid groups (broad SMARTS) is 5. The molecule has 0 spiro atoms. The van der Waals surface area contributed by atoms with Crippen LogP contribution in [0.1, 0.15) is 51.8 Å². The Labute approximate surface area is 344 Å². The van der Waals surface area contributed by atoms with E-state index >= 15 is 0 Å². The third-order valence-electron chi connectivity index (χ3n) is 5.10. The zero-order valence-electron chi connectivity index (χ0n) is 23.7. The fourth-order valence-corrected chi connectivity index (χ4v) is 2.90. The van der Waals surface area contributed by atoms with Gasteiger partial charge in [-0.15, -0.1) is 0 Å². The third kappa shape index (κ3) is 22.9. The van der Waals surface area contributed by atoms with Crippen LogP contribution in [0.4, 0.5) is 0 Å². The van der Waals surface area contributed by atoms with Crippen molar-refractivity contribution < 1.29 is 49.5 Å². The molecule has 0 saturated carbocycles. The van der Waals surface area contributed by atoms with Crippen molar-refractivity contribution in [3.63, 3.8) is 0 Å². The van der Waals surface area contributed by atoms with E-state index < -0.39 is 29.8 Å². The third-order valence-corrected chi connectivity index (χ3v) is 5.10. The maximum absolute atomic E-state index is 10.2. The summed E-state index contributed by atoms with van der Waals surface area (Å²) in [7, 11) is 0. The van der Waals surface area contributed by atoms with E-state index in [-0.39, 0.29) is 88.7 Å². The molecule has 0 heterocycles. The fraction of sp³-hybridized carbons (Fsp3) is 0. The average molecular weight is 683 g/mol. The van der Waals surface area contributed by atoms with Crippen molar-refractivity contribution >= 4 is 119 Å². The van der Waals surface area contributed by atoms with Crippen LogP contribution in [0.25, 0.3) is 0 Å².